The Kier molecular flexibility index (Phi) is 8.67. The maximum Gasteiger partial charge on any atom is 0.249 e. The Morgan fingerprint density at radius 3 is 2.51 bits per heavy atom. The molecule has 0 saturated heterocycles. The number of furan rings is 1. The Bertz CT molecular complexity index is 1480. The Morgan fingerprint density at radius 1 is 1.00 bits per heavy atom. The molecule has 41 heavy (non-hydrogen) atoms. The SMILES string of the molecule is CC(C)(CC(=O)N[C@@H]1CCc2ccccc2N(Cc2ccc(-c3ccccc3CO)cc2)C1=O)NCc1ccco1. The minimum atomic E-state index is -0.619. The van der Waals surface area contributed by atoms with Crippen LogP contribution in [0.2, 0.25) is 0 Å². The van der Waals surface area contributed by atoms with Crippen molar-refractivity contribution < 1.29 is 19.1 Å². The van der Waals surface area contributed by atoms with Crippen LogP contribution in [0, 0.1) is 0 Å². The van der Waals surface area contributed by atoms with Crippen LogP contribution in [0.4, 0.5) is 5.69 Å². The summed E-state index contributed by atoms with van der Waals surface area (Å²) in [6.45, 7) is 4.81. The zero-order chi connectivity index (χ0) is 28.8. The van der Waals surface area contributed by atoms with Crippen molar-refractivity contribution in [2.75, 3.05) is 4.90 Å². The molecule has 0 aliphatic carbocycles. The minimum absolute atomic E-state index is 0.0265. The summed E-state index contributed by atoms with van der Waals surface area (Å²) in [5.41, 5.74) is 5.33. The summed E-state index contributed by atoms with van der Waals surface area (Å²) in [5, 5.41) is 16.1. The van der Waals surface area contributed by atoms with Gasteiger partial charge in [0.15, 0.2) is 0 Å². The van der Waals surface area contributed by atoms with Crippen LogP contribution in [-0.4, -0.2) is 28.5 Å². The molecule has 5 rings (SSSR count). The van der Waals surface area contributed by atoms with E-state index in [9.17, 15) is 14.7 Å². The van der Waals surface area contributed by atoms with Crippen LogP contribution in [-0.2, 0) is 35.7 Å². The second kappa shape index (κ2) is 12.5. The zero-order valence-electron chi connectivity index (χ0n) is 23.6. The van der Waals surface area contributed by atoms with Gasteiger partial charge < -0.3 is 25.1 Å². The molecule has 2 amide bonds. The molecule has 1 aliphatic heterocycles. The van der Waals surface area contributed by atoms with E-state index in [2.05, 4.69) is 16.7 Å². The van der Waals surface area contributed by atoms with Gasteiger partial charge in [0.25, 0.3) is 0 Å². The van der Waals surface area contributed by atoms with Crippen LogP contribution in [0.1, 0.15) is 49.1 Å². The fraction of sp³-hybridized carbons (Fsp3) is 0.294. The van der Waals surface area contributed by atoms with E-state index in [0.29, 0.717) is 25.9 Å². The summed E-state index contributed by atoms with van der Waals surface area (Å²) < 4.78 is 5.39. The summed E-state index contributed by atoms with van der Waals surface area (Å²) in [4.78, 5) is 28.9. The number of carbonyl (C=O) groups is 2. The summed E-state index contributed by atoms with van der Waals surface area (Å²) in [6.07, 6.45) is 3.08. The summed E-state index contributed by atoms with van der Waals surface area (Å²) >= 11 is 0. The highest BCUT2D eigenvalue weighted by Gasteiger charge is 2.32. The van der Waals surface area contributed by atoms with Crippen molar-refractivity contribution in [1.29, 1.82) is 0 Å². The lowest BCUT2D eigenvalue weighted by atomic mass is 9.99. The molecule has 0 bridgehead atoms. The highest BCUT2D eigenvalue weighted by molar-refractivity contribution is 6.00. The molecular weight excluding hydrogens is 514 g/mol. The lowest BCUT2D eigenvalue weighted by Crippen LogP contribution is -2.50. The van der Waals surface area contributed by atoms with Crippen LogP contribution in [0.15, 0.2) is 95.6 Å². The Hall–Kier alpha value is -4.20. The van der Waals surface area contributed by atoms with E-state index >= 15 is 0 Å². The molecule has 0 spiro atoms. The zero-order valence-corrected chi connectivity index (χ0v) is 23.6. The predicted molar refractivity (Wildman–Crippen MR) is 160 cm³/mol. The Balaban J connectivity index is 1.30. The van der Waals surface area contributed by atoms with E-state index in [4.69, 9.17) is 4.42 Å². The number of carbonyl (C=O) groups excluding carboxylic acids is 2. The van der Waals surface area contributed by atoms with E-state index in [1.807, 2.05) is 92.7 Å². The number of aliphatic hydroxyl groups excluding tert-OH is 1. The van der Waals surface area contributed by atoms with Gasteiger partial charge in [0.05, 0.1) is 26.0 Å². The third kappa shape index (κ3) is 6.93. The smallest absolute Gasteiger partial charge is 0.249 e. The van der Waals surface area contributed by atoms with Crippen LogP contribution in [0.3, 0.4) is 0 Å². The minimum Gasteiger partial charge on any atom is -0.468 e. The van der Waals surface area contributed by atoms with Gasteiger partial charge in [-0.25, -0.2) is 0 Å². The quantitative estimate of drug-likeness (QED) is 0.247. The number of hydrogen-bond donors (Lipinski definition) is 3. The molecule has 212 valence electrons. The molecule has 7 nitrogen and oxygen atoms in total. The fourth-order valence-electron chi connectivity index (χ4n) is 5.37. The van der Waals surface area contributed by atoms with Gasteiger partial charge in [-0.05, 0) is 72.7 Å². The van der Waals surface area contributed by atoms with Crippen molar-refractivity contribution >= 4 is 17.5 Å². The van der Waals surface area contributed by atoms with E-state index in [1.165, 1.54) is 0 Å². The first-order valence-electron chi connectivity index (χ1n) is 14.1. The van der Waals surface area contributed by atoms with Gasteiger partial charge in [0.2, 0.25) is 11.8 Å². The first kappa shape index (κ1) is 28.3. The molecule has 1 atom stereocenters. The van der Waals surface area contributed by atoms with Crippen LogP contribution in [0.5, 0.6) is 0 Å². The van der Waals surface area contributed by atoms with Crippen LogP contribution >= 0.6 is 0 Å². The number of fused-ring (bicyclic) bond motifs is 1. The number of nitrogens with zero attached hydrogens (tertiary/aromatic N) is 1. The number of para-hydroxylation sites is 1. The highest BCUT2D eigenvalue weighted by Crippen LogP contribution is 2.30. The van der Waals surface area contributed by atoms with Crippen LogP contribution in [0.25, 0.3) is 11.1 Å². The van der Waals surface area contributed by atoms with Gasteiger partial charge in [-0.1, -0.05) is 66.7 Å². The van der Waals surface area contributed by atoms with Crippen molar-refractivity contribution in [3.63, 3.8) is 0 Å². The van der Waals surface area contributed by atoms with Crippen molar-refractivity contribution in [3.8, 4) is 11.1 Å². The number of amides is 2. The molecule has 1 aliphatic rings. The molecule has 3 aromatic carbocycles. The van der Waals surface area contributed by atoms with Crippen molar-refractivity contribution in [3.05, 3.63) is 114 Å². The number of aliphatic hydroxyl groups is 1. The number of aryl methyl sites for hydroxylation is 1. The predicted octanol–water partition coefficient (Wildman–Crippen LogP) is 5.36. The topological polar surface area (TPSA) is 94.8 Å². The summed E-state index contributed by atoms with van der Waals surface area (Å²) in [7, 11) is 0. The van der Waals surface area contributed by atoms with Crippen molar-refractivity contribution in [2.24, 2.45) is 0 Å². The number of benzene rings is 3. The van der Waals surface area contributed by atoms with E-state index in [0.717, 1.165) is 39.3 Å². The number of hydrogen-bond acceptors (Lipinski definition) is 5. The van der Waals surface area contributed by atoms with Crippen molar-refractivity contribution in [1.82, 2.24) is 10.6 Å². The first-order valence-corrected chi connectivity index (χ1v) is 14.1. The van der Waals surface area contributed by atoms with Gasteiger partial charge in [0.1, 0.15) is 11.8 Å². The molecule has 1 aromatic heterocycles. The second-order valence-corrected chi connectivity index (χ2v) is 11.2. The van der Waals surface area contributed by atoms with Crippen molar-refractivity contribution in [2.45, 2.75) is 64.4 Å². The number of anilines is 1. The third-order valence-electron chi connectivity index (χ3n) is 7.60. The average molecular weight is 552 g/mol. The average Bonchev–Trinajstić information content (AvgIpc) is 3.47. The number of rotatable bonds is 10. The maximum atomic E-state index is 13.9. The summed E-state index contributed by atoms with van der Waals surface area (Å²) in [6, 6.07) is 26.9. The summed E-state index contributed by atoms with van der Waals surface area (Å²) in [5.74, 6) is 0.522. The highest BCUT2D eigenvalue weighted by atomic mass is 16.3. The monoisotopic (exact) mass is 551 g/mol. The second-order valence-electron chi connectivity index (χ2n) is 11.2. The normalized spacial score (nSPS) is 15.3. The lowest BCUT2D eigenvalue weighted by molar-refractivity contribution is -0.128. The number of nitrogens with one attached hydrogen (secondary N) is 2. The molecule has 0 unspecified atom stereocenters. The Labute approximate surface area is 241 Å². The van der Waals surface area contributed by atoms with Gasteiger partial charge in [-0.2, -0.15) is 0 Å². The molecule has 0 saturated carbocycles. The maximum absolute atomic E-state index is 13.9. The van der Waals surface area contributed by atoms with Gasteiger partial charge >= 0.3 is 0 Å². The Morgan fingerprint density at radius 2 is 1.76 bits per heavy atom. The molecule has 3 N–H and O–H groups in total. The van der Waals surface area contributed by atoms with E-state index < -0.39 is 11.6 Å². The van der Waals surface area contributed by atoms with Gasteiger partial charge in [0, 0.05) is 17.6 Å². The molecule has 7 heteroatoms. The lowest BCUT2D eigenvalue weighted by Gasteiger charge is -2.29. The van der Waals surface area contributed by atoms with Gasteiger partial charge in [-0.3, -0.25) is 9.59 Å². The van der Waals surface area contributed by atoms with Crippen LogP contribution < -0.4 is 15.5 Å². The standard InChI is InChI=1S/C34H37N3O4/c1-34(2,35-21-28-10-7-19-41-28)20-32(39)36-30-18-17-26-8-4-6-12-31(26)37(33(30)40)22-24-13-15-25(16-14-24)29-11-5-3-9-27(29)23-38/h3-16,19,30,35,38H,17-18,20-23H2,1-2H3,(H,36,39)/t30-/m1/s1. The fourth-order valence-corrected chi connectivity index (χ4v) is 5.37. The molecule has 4 aromatic rings. The molecule has 0 fully saturated rings. The van der Waals surface area contributed by atoms with E-state index in [-0.39, 0.29) is 24.8 Å². The molecule has 0 radical (unpaired) electrons. The molecular formula is C34H37N3O4. The largest absolute Gasteiger partial charge is 0.468 e. The third-order valence-corrected chi connectivity index (χ3v) is 7.60. The van der Waals surface area contributed by atoms with Gasteiger partial charge in [-0.15, -0.1) is 0 Å². The molecule has 2 heterocycles. The first-order chi connectivity index (χ1) is 19.8. The van der Waals surface area contributed by atoms with E-state index in [1.54, 1.807) is 11.2 Å².